The summed E-state index contributed by atoms with van der Waals surface area (Å²) < 4.78 is 6.26. The van der Waals surface area contributed by atoms with E-state index >= 15 is 0 Å². The van der Waals surface area contributed by atoms with Gasteiger partial charge in [0, 0.05) is 6.54 Å². The second-order valence-corrected chi connectivity index (χ2v) is 5.51. The minimum Gasteiger partial charge on any atom is -0.486 e. The van der Waals surface area contributed by atoms with Gasteiger partial charge in [-0.05, 0) is 49.9 Å². The molecule has 17 heavy (non-hydrogen) atoms. The first-order valence-corrected chi connectivity index (χ1v) is 6.50. The van der Waals surface area contributed by atoms with Gasteiger partial charge in [0.15, 0.2) is 0 Å². The van der Waals surface area contributed by atoms with Gasteiger partial charge < -0.3 is 10.1 Å². The third-order valence-corrected chi connectivity index (χ3v) is 3.42. The molecule has 0 atom stereocenters. The number of hydrogen-bond acceptors (Lipinski definition) is 2. The van der Waals surface area contributed by atoms with Crippen LogP contribution in [0, 0.1) is 6.92 Å². The molecule has 0 spiro atoms. The lowest BCUT2D eigenvalue weighted by atomic mass is 10.0. The summed E-state index contributed by atoms with van der Waals surface area (Å²) in [7, 11) is 1.99. The lowest BCUT2D eigenvalue weighted by molar-refractivity contribution is 0.176. The van der Waals surface area contributed by atoms with E-state index in [0.29, 0.717) is 5.92 Å². The van der Waals surface area contributed by atoms with Gasteiger partial charge in [-0.1, -0.05) is 26.0 Å². The first kappa shape index (κ1) is 12.4. The van der Waals surface area contributed by atoms with Crippen LogP contribution in [0.5, 0.6) is 5.75 Å². The summed E-state index contributed by atoms with van der Waals surface area (Å²) in [6, 6.07) is 6.54. The second kappa shape index (κ2) is 4.69. The third-order valence-electron chi connectivity index (χ3n) is 3.42. The molecule has 1 aliphatic rings. The van der Waals surface area contributed by atoms with Gasteiger partial charge in [0.1, 0.15) is 11.4 Å². The summed E-state index contributed by atoms with van der Waals surface area (Å²) in [5, 5.41) is 3.23. The molecule has 2 rings (SSSR count). The zero-order chi connectivity index (χ0) is 12.5. The summed E-state index contributed by atoms with van der Waals surface area (Å²) >= 11 is 0. The van der Waals surface area contributed by atoms with E-state index < -0.39 is 0 Å². The van der Waals surface area contributed by atoms with Crippen LogP contribution in [-0.2, 0) is 0 Å². The topological polar surface area (TPSA) is 21.3 Å². The highest BCUT2D eigenvalue weighted by Crippen LogP contribution is 2.42. The molecule has 1 aliphatic carbocycles. The molecule has 2 heteroatoms. The van der Waals surface area contributed by atoms with Crippen LogP contribution in [0.4, 0.5) is 0 Å². The average Bonchev–Trinajstić information content (AvgIpc) is 2.98. The molecule has 0 unspecified atom stereocenters. The average molecular weight is 233 g/mol. The van der Waals surface area contributed by atoms with Crippen LogP contribution in [0.1, 0.15) is 43.7 Å². The van der Waals surface area contributed by atoms with Crippen LogP contribution >= 0.6 is 0 Å². The third kappa shape index (κ3) is 2.81. The fourth-order valence-electron chi connectivity index (χ4n) is 2.22. The number of rotatable bonds is 5. The van der Waals surface area contributed by atoms with Gasteiger partial charge in [0.05, 0.1) is 0 Å². The number of benzene rings is 1. The van der Waals surface area contributed by atoms with Gasteiger partial charge >= 0.3 is 0 Å². The molecule has 1 N–H and O–H groups in total. The van der Waals surface area contributed by atoms with Crippen LogP contribution in [0.15, 0.2) is 18.2 Å². The van der Waals surface area contributed by atoms with Crippen LogP contribution in [0.25, 0.3) is 0 Å². The fourth-order valence-corrected chi connectivity index (χ4v) is 2.22. The highest BCUT2D eigenvalue weighted by molar-refractivity contribution is 5.40. The maximum absolute atomic E-state index is 6.26. The summed E-state index contributed by atoms with van der Waals surface area (Å²) in [5.41, 5.74) is 2.65. The van der Waals surface area contributed by atoms with Crippen molar-refractivity contribution in [2.24, 2.45) is 0 Å². The molecule has 1 fully saturated rings. The van der Waals surface area contributed by atoms with Gasteiger partial charge in [-0.3, -0.25) is 0 Å². The van der Waals surface area contributed by atoms with E-state index in [1.165, 1.54) is 24.0 Å². The van der Waals surface area contributed by atoms with E-state index in [4.69, 9.17) is 4.74 Å². The predicted molar refractivity (Wildman–Crippen MR) is 71.8 cm³/mol. The zero-order valence-corrected chi connectivity index (χ0v) is 11.3. The lowest BCUT2D eigenvalue weighted by Crippen LogP contribution is -2.31. The number of likely N-dealkylation sites (N-methyl/N-ethyl adjacent to an activating group) is 1. The molecule has 0 radical (unpaired) electrons. The highest BCUT2D eigenvalue weighted by Gasteiger charge is 2.45. The lowest BCUT2D eigenvalue weighted by Gasteiger charge is -2.22. The number of hydrogen-bond donors (Lipinski definition) is 1. The molecule has 0 bridgehead atoms. The Morgan fingerprint density at radius 3 is 2.59 bits per heavy atom. The van der Waals surface area contributed by atoms with E-state index in [1.807, 2.05) is 7.05 Å². The first-order chi connectivity index (χ1) is 8.06. The van der Waals surface area contributed by atoms with Crippen molar-refractivity contribution in [1.29, 1.82) is 0 Å². The molecule has 0 aromatic heterocycles. The number of nitrogens with one attached hydrogen (secondary N) is 1. The summed E-state index contributed by atoms with van der Waals surface area (Å²) in [6.45, 7) is 7.50. The zero-order valence-electron chi connectivity index (χ0n) is 11.3. The molecule has 0 aliphatic heterocycles. The smallest absolute Gasteiger partial charge is 0.123 e. The maximum Gasteiger partial charge on any atom is 0.123 e. The van der Waals surface area contributed by atoms with Crippen LogP contribution in [0.3, 0.4) is 0 Å². The van der Waals surface area contributed by atoms with E-state index in [-0.39, 0.29) is 5.60 Å². The van der Waals surface area contributed by atoms with Crippen molar-refractivity contribution in [2.75, 3.05) is 13.6 Å². The standard InChI is InChI=1S/C15H23NO/c1-11(2)13-6-5-12(3)9-14(13)17-15(7-8-15)10-16-4/h5-6,9,11,16H,7-8,10H2,1-4H3. The van der Waals surface area contributed by atoms with Gasteiger partial charge in [-0.15, -0.1) is 0 Å². The molecular weight excluding hydrogens is 210 g/mol. The summed E-state index contributed by atoms with van der Waals surface area (Å²) in [5.74, 6) is 1.59. The molecule has 0 heterocycles. The van der Waals surface area contributed by atoms with E-state index in [1.54, 1.807) is 0 Å². The van der Waals surface area contributed by atoms with E-state index in [9.17, 15) is 0 Å². The van der Waals surface area contributed by atoms with Gasteiger partial charge in [-0.25, -0.2) is 0 Å². The molecule has 1 saturated carbocycles. The Balaban J connectivity index is 2.22. The van der Waals surface area contributed by atoms with Crippen LogP contribution < -0.4 is 10.1 Å². The van der Waals surface area contributed by atoms with E-state index in [0.717, 1.165) is 12.3 Å². The van der Waals surface area contributed by atoms with Crippen molar-refractivity contribution < 1.29 is 4.74 Å². The molecule has 94 valence electrons. The molecule has 1 aromatic rings. The SMILES string of the molecule is CNCC1(Oc2cc(C)ccc2C(C)C)CC1. The first-order valence-electron chi connectivity index (χ1n) is 6.50. The Morgan fingerprint density at radius 1 is 1.35 bits per heavy atom. The number of aryl methyl sites for hydroxylation is 1. The molecular formula is C15H23NO. The van der Waals surface area contributed by atoms with Gasteiger partial charge in [-0.2, -0.15) is 0 Å². The summed E-state index contributed by atoms with van der Waals surface area (Å²) in [4.78, 5) is 0. The minimum absolute atomic E-state index is 0.0617. The second-order valence-electron chi connectivity index (χ2n) is 5.51. The Bertz CT molecular complexity index is 394. The van der Waals surface area contributed by atoms with Crippen molar-refractivity contribution in [3.05, 3.63) is 29.3 Å². The van der Waals surface area contributed by atoms with Gasteiger partial charge in [0.2, 0.25) is 0 Å². The summed E-state index contributed by atoms with van der Waals surface area (Å²) in [6.07, 6.45) is 2.33. The van der Waals surface area contributed by atoms with Crippen molar-refractivity contribution >= 4 is 0 Å². The van der Waals surface area contributed by atoms with Crippen molar-refractivity contribution in [3.63, 3.8) is 0 Å². The Morgan fingerprint density at radius 2 is 2.06 bits per heavy atom. The maximum atomic E-state index is 6.26. The molecule has 2 nitrogen and oxygen atoms in total. The Kier molecular flexibility index (Phi) is 3.43. The van der Waals surface area contributed by atoms with Crippen LogP contribution in [0.2, 0.25) is 0 Å². The fraction of sp³-hybridized carbons (Fsp3) is 0.600. The largest absolute Gasteiger partial charge is 0.486 e. The quantitative estimate of drug-likeness (QED) is 0.843. The number of ether oxygens (including phenoxy) is 1. The predicted octanol–water partition coefficient (Wildman–Crippen LogP) is 3.25. The molecule has 1 aromatic carbocycles. The van der Waals surface area contributed by atoms with Gasteiger partial charge in [0.25, 0.3) is 0 Å². The van der Waals surface area contributed by atoms with Crippen LogP contribution in [-0.4, -0.2) is 19.2 Å². The van der Waals surface area contributed by atoms with Crippen molar-refractivity contribution in [1.82, 2.24) is 5.32 Å². The Hall–Kier alpha value is -1.02. The van der Waals surface area contributed by atoms with Crippen molar-refractivity contribution in [3.8, 4) is 5.75 Å². The Labute approximate surface area is 104 Å². The normalized spacial score (nSPS) is 17.2. The highest BCUT2D eigenvalue weighted by atomic mass is 16.5. The van der Waals surface area contributed by atoms with Crippen molar-refractivity contribution in [2.45, 2.75) is 45.1 Å². The molecule has 0 saturated heterocycles. The minimum atomic E-state index is 0.0617. The monoisotopic (exact) mass is 233 g/mol. The van der Waals surface area contributed by atoms with E-state index in [2.05, 4.69) is 44.3 Å². The molecule has 0 amide bonds.